The molecule has 0 unspecified atom stereocenters. The number of benzene rings is 2. The van der Waals surface area contributed by atoms with Crippen molar-refractivity contribution in [3.05, 3.63) is 51.1 Å². The molecule has 0 heterocycles. The Morgan fingerprint density at radius 1 is 1.10 bits per heavy atom. The van der Waals surface area contributed by atoms with E-state index in [2.05, 4.69) is 22.6 Å². The molecule has 0 aliphatic carbocycles. The van der Waals surface area contributed by atoms with E-state index in [9.17, 15) is 4.79 Å². The molecule has 4 nitrogen and oxygen atoms in total. The summed E-state index contributed by atoms with van der Waals surface area (Å²) in [6.45, 7) is 0. The minimum atomic E-state index is -0.213. The fraction of sp³-hybridized carbons (Fsp3) is 0.133. The van der Waals surface area contributed by atoms with E-state index >= 15 is 0 Å². The van der Waals surface area contributed by atoms with Gasteiger partial charge in [-0.1, -0.05) is 6.07 Å². The van der Waals surface area contributed by atoms with Crippen LogP contribution in [0.2, 0.25) is 0 Å². The monoisotopic (exact) mass is 383 g/mol. The number of methoxy groups -OCH3 is 2. The molecule has 0 amide bonds. The highest BCUT2D eigenvalue weighted by molar-refractivity contribution is 14.1. The third-order valence-electron chi connectivity index (χ3n) is 2.91. The molecular weight excluding hydrogens is 369 g/mol. The van der Waals surface area contributed by atoms with Crippen molar-refractivity contribution in [2.45, 2.75) is 0 Å². The summed E-state index contributed by atoms with van der Waals surface area (Å²) in [5, 5.41) is 0. The molecule has 0 spiro atoms. The maximum absolute atomic E-state index is 12.7. The van der Waals surface area contributed by atoms with E-state index in [-0.39, 0.29) is 5.78 Å². The number of nitrogens with two attached hydrogens (primary N) is 1. The van der Waals surface area contributed by atoms with E-state index in [1.165, 1.54) is 14.2 Å². The van der Waals surface area contributed by atoms with Crippen LogP contribution >= 0.6 is 22.6 Å². The van der Waals surface area contributed by atoms with Crippen LogP contribution in [0.5, 0.6) is 11.5 Å². The smallest absolute Gasteiger partial charge is 0.202 e. The minimum absolute atomic E-state index is 0.213. The molecule has 0 radical (unpaired) electrons. The van der Waals surface area contributed by atoms with Crippen molar-refractivity contribution >= 4 is 34.1 Å². The summed E-state index contributed by atoms with van der Waals surface area (Å²) in [5.74, 6) is 0.756. The lowest BCUT2D eigenvalue weighted by molar-refractivity contribution is 0.103. The summed E-state index contributed by atoms with van der Waals surface area (Å²) in [4.78, 5) is 12.7. The predicted molar refractivity (Wildman–Crippen MR) is 86.5 cm³/mol. The van der Waals surface area contributed by atoms with Crippen LogP contribution in [-0.2, 0) is 0 Å². The maximum Gasteiger partial charge on any atom is 0.202 e. The molecule has 0 saturated heterocycles. The summed E-state index contributed by atoms with van der Waals surface area (Å²) >= 11 is 2.15. The third kappa shape index (κ3) is 2.72. The molecule has 0 fully saturated rings. The Morgan fingerprint density at radius 3 is 2.45 bits per heavy atom. The molecule has 0 bridgehead atoms. The first-order valence-corrected chi connectivity index (χ1v) is 6.97. The topological polar surface area (TPSA) is 61.5 Å². The molecule has 0 saturated carbocycles. The Hall–Kier alpha value is -1.76. The summed E-state index contributed by atoms with van der Waals surface area (Å²) in [7, 11) is 3.04. The van der Waals surface area contributed by atoms with Crippen LogP contribution in [0.3, 0.4) is 0 Å². The van der Waals surface area contributed by atoms with Crippen LogP contribution in [0, 0.1) is 3.57 Å². The van der Waals surface area contributed by atoms with Gasteiger partial charge in [-0.25, -0.2) is 0 Å². The quantitative estimate of drug-likeness (QED) is 0.501. The van der Waals surface area contributed by atoms with Crippen LogP contribution in [0.15, 0.2) is 36.4 Å². The zero-order valence-electron chi connectivity index (χ0n) is 11.1. The zero-order chi connectivity index (χ0) is 14.7. The third-order valence-corrected chi connectivity index (χ3v) is 3.58. The Labute approximate surface area is 131 Å². The summed E-state index contributed by atoms with van der Waals surface area (Å²) in [5.41, 5.74) is 7.13. The molecule has 0 aliphatic heterocycles. The molecule has 0 aromatic heterocycles. The lowest BCUT2D eigenvalue weighted by Crippen LogP contribution is -2.09. The van der Waals surface area contributed by atoms with Crippen molar-refractivity contribution in [3.8, 4) is 11.5 Å². The molecular formula is C15H14INO3. The summed E-state index contributed by atoms with van der Waals surface area (Å²) in [6.07, 6.45) is 0. The fourth-order valence-electron chi connectivity index (χ4n) is 1.95. The largest absolute Gasteiger partial charge is 0.496 e. The Morgan fingerprint density at radius 2 is 1.80 bits per heavy atom. The first-order chi connectivity index (χ1) is 9.58. The van der Waals surface area contributed by atoms with E-state index in [0.29, 0.717) is 28.3 Å². The number of hydrogen-bond acceptors (Lipinski definition) is 4. The van der Waals surface area contributed by atoms with Crippen molar-refractivity contribution in [3.63, 3.8) is 0 Å². The van der Waals surface area contributed by atoms with Crippen molar-refractivity contribution in [1.29, 1.82) is 0 Å². The van der Waals surface area contributed by atoms with Crippen molar-refractivity contribution in [2.75, 3.05) is 20.0 Å². The van der Waals surface area contributed by atoms with Gasteiger partial charge in [0.05, 0.1) is 25.3 Å². The average molecular weight is 383 g/mol. The van der Waals surface area contributed by atoms with Crippen molar-refractivity contribution in [1.82, 2.24) is 0 Å². The Kier molecular flexibility index (Phi) is 4.49. The molecule has 2 N–H and O–H groups in total. The number of anilines is 1. The van der Waals surface area contributed by atoms with Crippen LogP contribution in [0.4, 0.5) is 5.69 Å². The van der Waals surface area contributed by atoms with E-state index in [1.807, 2.05) is 6.07 Å². The van der Waals surface area contributed by atoms with Crippen LogP contribution in [0.25, 0.3) is 0 Å². The highest BCUT2D eigenvalue weighted by Gasteiger charge is 2.21. The molecule has 2 aromatic rings. The molecule has 5 heteroatoms. The second-order valence-corrected chi connectivity index (χ2v) is 5.34. The molecule has 2 aromatic carbocycles. The number of ether oxygens (including phenoxy) is 2. The molecule has 0 atom stereocenters. The Bertz CT molecular complexity index is 656. The SMILES string of the molecule is COc1ccc(I)cc1C(=O)c1c(N)cccc1OC. The first-order valence-electron chi connectivity index (χ1n) is 5.89. The molecule has 20 heavy (non-hydrogen) atoms. The number of rotatable bonds is 4. The van der Waals surface area contributed by atoms with Gasteiger partial charge in [-0.15, -0.1) is 0 Å². The van der Waals surface area contributed by atoms with Gasteiger partial charge in [0.1, 0.15) is 11.5 Å². The first kappa shape index (κ1) is 14.6. The number of hydrogen-bond donors (Lipinski definition) is 1. The van der Waals surface area contributed by atoms with E-state index < -0.39 is 0 Å². The van der Waals surface area contributed by atoms with E-state index in [0.717, 1.165) is 3.57 Å². The van der Waals surface area contributed by atoms with Crippen LogP contribution < -0.4 is 15.2 Å². The van der Waals surface area contributed by atoms with Crippen molar-refractivity contribution < 1.29 is 14.3 Å². The van der Waals surface area contributed by atoms with E-state index in [4.69, 9.17) is 15.2 Å². The van der Waals surface area contributed by atoms with Gasteiger partial charge in [0.15, 0.2) is 0 Å². The van der Waals surface area contributed by atoms with Gasteiger partial charge >= 0.3 is 0 Å². The number of carbonyl (C=O) groups is 1. The van der Waals surface area contributed by atoms with Gasteiger partial charge in [-0.3, -0.25) is 4.79 Å². The van der Waals surface area contributed by atoms with Gasteiger partial charge in [0.2, 0.25) is 5.78 Å². The van der Waals surface area contributed by atoms with E-state index in [1.54, 1.807) is 30.3 Å². The second kappa shape index (κ2) is 6.13. The normalized spacial score (nSPS) is 10.2. The highest BCUT2D eigenvalue weighted by Crippen LogP contribution is 2.31. The number of ketones is 1. The fourth-order valence-corrected chi connectivity index (χ4v) is 2.44. The van der Waals surface area contributed by atoms with Gasteiger partial charge in [-0.05, 0) is 52.9 Å². The minimum Gasteiger partial charge on any atom is -0.496 e. The second-order valence-electron chi connectivity index (χ2n) is 4.10. The van der Waals surface area contributed by atoms with Gasteiger partial charge in [0.25, 0.3) is 0 Å². The molecule has 0 aliphatic rings. The predicted octanol–water partition coefficient (Wildman–Crippen LogP) is 3.12. The molecule has 2 rings (SSSR count). The molecule has 104 valence electrons. The van der Waals surface area contributed by atoms with Gasteiger partial charge in [0, 0.05) is 9.26 Å². The summed E-state index contributed by atoms with van der Waals surface area (Å²) in [6, 6.07) is 10.5. The summed E-state index contributed by atoms with van der Waals surface area (Å²) < 4.78 is 11.4. The number of nitrogen functional groups attached to an aromatic ring is 1. The average Bonchev–Trinajstić information content (AvgIpc) is 2.46. The maximum atomic E-state index is 12.7. The van der Waals surface area contributed by atoms with Crippen LogP contribution in [0.1, 0.15) is 15.9 Å². The van der Waals surface area contributed by atoms with Crippen molar-refractivity contribution in [2.24, 2.45) is 0 Å². The number of halogens is 1. The number of carbonyl (C=O) groups excluding carboxylic acids is 1. The lowest BCUT2D eigenvalue weighted by atomic mass is 10.00. The Balaban J connectivity index is 2.60. The lowest BCUT2D eigenvalue weighted by Gasteiger charge is -2.12. The van der Waals surface area contributed by atoms with Gasteiger partial charge in [-0.2, -0.15) is 0 Å². The zero-order valence-corrected chi connectivity index (χ0v) is 13.3. The van der Waals surface area contributed by atoms with Gasteiger partial charge < -0.3 is 15.2 Å². The standard InChI is InChI=1S/C15H14INO3/c1-19-12-7-6-9(16)8-10(12)15(18)14-11(17)4-3-5-13(14)20-2/h3-8H,17H2,1-2H3. The highest BCUT2D eigenvalue weighted by atomic mass is 127. The van der Waals surface area contributed by atoms with Crippen LogP contribution in [-0.4, -0.2) is 20.0 Å².